The molecule has 0 aliphatic heterocycles. The van der Waals surface area contributed by atoms with Gasteiger partial charge in [0.2, 0.25) is 0 Å². The van der Waals surface area contributed by atoms with Gasteiger partial charge in [0.15, 0.2) is 0 Å². The number of ether oxygens (including phenoxy) is 1. The smallest absolute Gasteiger partial charge is 0.449 e. The summed E-state index contributed by atoms with van der Waals surface area (Å²) in [6, 6.07) is 18.8. The second-order valence-corrected chi connectivity index (χ2v) is 8.26. The molecule has 1 heterocycles. The molecule has 0 saturated heterocycles. The number of nitrogens with zero attached hydrogens (tertiary/aromatic N) is 2. The van der Waals surface area contributed by atoms with Crippen LogP contribution in [0.1, 0.15) is 24.0 Å². The maximum Gasteiger partial charge on any atom is 0.475 e. The zero-order chi connectivity index (χ0) is 21.8. The molecular weight excluding hydrogens is 419 g/mol. The number of unbranched alkanes of at least 4 members (excludes halogenated alkanes) is 1. The van der Waals surface area contributed by atoms with Gasteiger partial charge in [0.25, 0.3) is 0 Å². The molecule has 0 spiro atoms. The third-order valence-corrected chi connectivity index (χ3v) is 5.58. The fraction of sp³-hybridized carbons (Fsp3) is 0.273. The average molecular weight is 444 g/mol. The number of hydrogen-bond donors (Lipinski definition) is 0. The van der Waals surface area contributed by atoms with E-state index in [9.17, 15) is 9.36 Å². The molecule has 0 saturated carbocycles. The lowest BCUT2D eigenvalue weighted by Crippen LogP contribution is -2.12. The van der Waals surface area contributed by atoms with Gasteiger partial charge in [-0.05, 0) is 24.0 Å². The monoisotopic (exact) mass is 444 g/mol. The Morgan fingerprint density at radius 3 is 1.97 bits per heavy atom. The van der Waals surface area contributed by atoms with Crippen LogP contribution in [0, 0.1) is 0 Å². The quantitative estimate of drug-likeness (QED) is 0.280. The Labute approximate surface area is 181 Å². The van der Waals surface area contributed by atoms with Crippen molar-refractivity contribution in [2.24, 2.45) is 0 Å². The number of imidazole rings is 1. The van der Waals surface area contributed by atoms with Crippen molar-refractivity contribution in [2.75, 3.05) is 13.2 Å². The van der Waals surface area contributed by atoms with E-state index in [2.05, 4.69) is 4.98 Å². The number of rotatable bonds is 12. The molecule has 2 aromatic carbocycles. The van der Waals surface area contributed by atoms with E-state index >= 15 is 0 Å². The fourth-order valence-corrected chi connectivity index (χ4v) is 3.74. The van der Waals surface area contributed by atoms with Crippen molar-refractivity contribution in [3.63, 3.8) is 0 Å². The van der Waals surface area contributed by atoms with Crippen LogP contribution in [-0.2, 0) is 36.1 Å². The maximum atomic E-state index is 13.1. The minimum Gasteiger partial charge on any atom is -0.449 e. The number of phosphoric acid groups is 1. The number of benzene rings is 2. The summed E-state index contributed by atoms with van der Waals surface area (Å²) in [4.78, 5) is 15.5. The van der Waals surface area contributed by atoms with E-state index in [1.54, 1.807) is 0 Å². The lowest BCUT2D eigenvalue weighted by molar-refractivity contribution is 0.0981. The standard InChI is InChI=1S/C22H25N2O6P/c25-22(24-14-13-23-19-24)27-15-7-8-16-28-31(26,29-17-20-9-3-1-4-10-20)30-18-21-11-5-2-6-12-21/h1-6,9-14,19H,7-8,15-18H2. The summed E-state index contributed by atoms with van der Waals surface area (Å²) in [5.41, 5.74) is 1.72. The molecule has 0 atom stereocenters. The average Bonchev–Trinajstić information content (AvgIpc) is 3.35. The first kappa shape index (κ1) is 22.9. The van der Waals surface area contributed by atoms with Crippen LogP contribution in [-0.4, -0.2) is 28.9 Å². The lowest BCUT2D eigenvalue weighted by Gasteiger charge is -2.18. The van der Waals surface area contributed by atoms with E-state index in [1.165, 1.54) is 23.3 Å². The van der Waals surface area contributed by atoms with Crippen molar-refractivity contribution in [3.8, 4) is 0 Å². The molecule has 31 heavy (non-hydrogen) atoms. The Kier molecular flexibility index (Phi) is 8.99. The largest absolute Gasteiger partial charge is 0.475 e. The molecule has 0 fully saturated rings. The highest BCUT2D eigenvalue weighted by Crippen LogP contribution is 2.51. The van der Waals surface area contributed by atoms with Crippen molar-refractivity contribution in [1.82, 2.24) is 9.55 Å². The number of carbonyl (C=O) groups is 1. The van der Waals surface area contributed by atoms with Crippen molar-refractivity contribution in [2.45, 2.75) is 26.1 Å². The Morgan fingerprint density at radius 2 is 1.42 bits per heavy atom. The summed E-state index contributed by atoms with van der Waals surface area (Å²) < 4.78 is 36.1. The first-order chi connectivity index (χ1) is 15.1. The molecule has 1 aromatic heterocycles. The van der Waals surface area contributed by atoms with Crippen LogP contribution in [0.5, 0.6) is 0 Å². The van der Waals surface area contributed by atoms with Crippen molar-refractivity contribution < 1.29 is 27.7 Å². The van der Waals surface area contributed by atoms with E-state index in [-0.39, 0.29) is 26.4 Å². The minimum atomic E-state index is -3.78. The molecule has 3 aromatic rings. The van der Waals surface area contributed by atoms with Gasteiger partial charge in [-0.15, -0.1) is 0 Å². The second kappa shape index (κ2) is 12.2. The van der Waals surface area contributed by atoms with Gasteiger partial charge >= 0.3 is 13.9 Å². The molecule has 0 N–H and O–H groups in total. The fourth-order valence-electron chi connectivity index (χ4n) is 2.55. The predicted molar refractivity (Wildman–Crippen MR) is 114 cm³/mol. The highest BCUT2D eigenvalue weighted by Gasteiger charge is 2.27. The Morgan fingerprint density at radius 1 is 0.839 bits per heavy atom. The lowest BCUT2D eigenvalue weighted by atomic mass is 10.2. The van der Waals surface area contributed by atoms with Gasteiger partial charge in [0, 0.05) is 12.4 Å². The summed E-state index contributed by atoms with van der Waals surface area (Å²) in [5.74, 6) is 0. The SMILES string of the molecule is O=C(OCCCCOP(=O)(OCc1ccccc1)OCc1ccccc1)n1ccnc1. The number of hydrogen-bond acceptors (Lipinski definition) is 7. The predicted octanol–water partition coefficient (Wildman–Crippen LogP) is 5.21. The highest BCUT2D eigenvalue weighted by atomic mass is 31.2. The van der Waals surface area contributed by atoms with Crippen molar-refractivity contribution in [3.05, 3.63) is 90.5 Å². The van der Waals surface area contributed by atoms with Crippen molar-refractivity contribution in [1.29, 1.82) is 0 Å². The summed E-state index contributed by atoms with van der Waals surface area (Å²) in [6.45, 7) is 0.564. The topological polar surface area (TPSA) is 88.9 Å². The number of aromatic nitrogens is 2. The molecule has 0 bridgehead atoms. The zero-order valence-corrected chi connectivity index (χ0v) is 17.9. The molecule has 0 aliphatic carbocycles. The Bertz CT molecular complexity index is 903. The molecule has 0 aliphatic rings. The van der Waals surface area contributed by atoms with E-state index in [0.29, 0.717) is 12.8 Å². The van der Waals surface area contributed by atoms with Gasteiger partial charge in [-0.2, -0.15) is 0 Å². The Balaban J connectivity index is 1.44. The summed E-state index contributed by atoms with van der Waals surface area (Å²) in [6.07, 6.45) is 4.94. The van der Waals surface area contributed by atoms with Crippen LogP contribution in [0.15, 0.2) is 79.4 Å². The molecule has 3 rings (SSSR count). The van der Waals surface area contributed by atoms with Gasteiger partial charge in [0.1, 0.15) is 6.33 Å². The summed E-state index contributed by atoms with van der Waals surface area (Å²) >= 11 is 0. The zero-order valence-electron chi connectivity index (χ0n) is 17.0. The molecule has 164 valence electrons. The third kappa shape index (κ3) is 8.11. The van der Waals surface area contributed by atoms with Gasteiger partial charge in [-0.3, -0.25) is 13.6 Å². The van der Waals surface area contributed by atoms with Gasteiger partial charge in [-0.1, -0.05) is 60.7 Å². The van der Waals surface area contributed by atoms with E-state index in [4.69, 9.17) is 18.3 Å². The summed E-state index contributed by atoms with van der Waals surface area (Å²) in [7, 11) is -3.78. The molecule has 9 heteroatoms. The van der Waals surface area contributed by atoms with Crippen LogP contribution >= 0.6 is 7.82 Å². The van der Waals surface area contributed by atoms with Gasteiger partial charge < -0.3 is 4.74 Å². The molecule has 0 unspecified atom stereocenters. The number of phosphoric ester groups is 1. The van der Waals surface area contributed by atoms with Crippen LogP contribution in [0.4, 0.5) is 4.79 Å². The van der Waals surface area contributed by atoms with Gasteiger partial charge in [0.05, 0.1) is 26.4 Å². The first-order valence-corrected chi connectivity index (χ1v) is 11.4. The number of carbonyl (C=O) groups excluding carboxylic acids is 1. The minimum absolute atomic E-state index is 0.107. The normalized spacial score (nSPS) is 11.4. The van der Waals surface area contributed by atoms with E-state index < -0.39 is 13.9 Å². The van der Waals surface area contributed by atoms with Crippen LogP contribution in [0.2, 0.25) is 0 Å². The van der Waals surface area contributed by atoms with Gasteiger partial charge in [-0.25, -0.2) is 18.9 Å². The van der Waals surface area contributed by atoms with Crippen molar-refractivity contribution >= 4 is 13.9 Å². The highest BCUT2D eigenvalue weighted by molar-refractivity contribution is 7.48. The molecule has 0 amide bonds. The molecule has 0 radical (unpaired) electrons. The van der Waals surface area contributed by atoms with Crippen LogP contribution < -0.4 is 0 Å². The first-order valence-electron chi connectivity index (χ1n) is 9.91. The second-order valence-electron chi connectivity index (χ2n) is 6.59. The third-order valence-electron chi connectivity index (χ3n) is 4.19. The van der Waals surface area contributed by atoms with E-state index in [1.807, 2.05) is 60.7 Å². The van der Waals surface area contributed by atoms with E-state index in [0.717, 1.165) is 11.1 Å². The Hall–Kier alpha value is -2.77. The maximum absolute atomic E-state index is 13.1. The molecular formula is C22H25N2O6P. The van der Waals surface area contributed by atoms with Crippen LogP contribution in [0.3, 0.4) is 0 Å². The summed E-state index contributed by atoms with van der Waals surface area (Å²) in [5, 5.41) is 0. The molecule has 8 nitrogen and oxygen atoms in total. The van der Waals surface area contributed by atoms with Crippen LogP contribution in [0.25, 0.3) is 0 Å².